The zero-order valence-corrected chi connectivity index (χ0v) is 16.2. The van der Waals surface area contributed by atoms with E-state index in [4.69, 9.17) is 28.4 Å². The molecule has 0 aliphatic carbocycles. The zero-order chi connectivity index (χ0) is 20.8. The molecule has 0 aromatic carbocycles. The number of rotatable bonds is 8. The summed E-state index contributed by atoms with van der Waals surface area (Å²) < 4.78 is 32.2. The summed E-state index contributed by atoms with van der Waals surface area (Å²) in [6.45, 7) is 5.30. The van der Waals surface area contributed by atoms with Gasteiger partial charge >= 0.3 is 17.9 Å². The second-order valence-corrected chi connectivity index (χ2v) is 6.51. The normalized spacial score (nSPS) is 31.4. The topological polar surface area (TPSA) is 139 Å². The summed E-state index contributed by atoms with van der Waals surface area (Å²) in [5, 5.41) is 2.61. The molecule has 1 amide bonds. The quantitative estimate of drug-likeness (QED) is 0.307. The molecule has 158 valence electrons. The molecule has 0 radical (unpaired) electrons. The van der Waals surface area contributed by atoms with Gasteiger partial charge in [0, 0.05) is 27.7 Å². The Bertz CT molecular complexity index is 605. The van der Waals surface area contributed by atoms with Crippen LogP contribution in [0.5, 0.6) is 0 Å². The Kier molecular flexibility index (Phi) is 7.72. The first-order valence-electron chi connectivity index (χ1n) is 8.81. The molecule has 11 nitrogen and oxygen atoms in total. The molecular weight excluding hydrogens is 378 g/mol. The molecule has 0 spiro atoms. The third-order valence-electron chi connectivity index (χ3n) is 3.92. The molecule has 2 saturated heterocycles. The molecule has 0 aromatic rings. The third-order valence-corrected chi connectivity index (χ3v) is 3.92. The fraction of sp³-hybridized carbons (Fsp3) is 0.765. The van der Waals surface area contributed by atoms with Crippen LogP contribution in [0.15, 0.2) is 0 Å². The first-order chi connectivity index (χ1) is 13.2. The van der Waals surface area contributed by atoms with Gasteiger partial charge in [0.25, 0.3) is 0 Å². The van der Waals surface area contributed by atoms with E-state index >= 15 is 0 Å². The molecule has 2 fully saturated rings. The molecule has 2 heterocycles. The summed E-state index contributed by atoms with van der Waals surface area (Å²) in [7, 11) is 0. The summed E-state index contributed by atoms with van der Waals surface area (Å²) >= 11 is 0. The smallest absolute Gasteiger partial charge is 0.303 e. The van der Waals surface area contributed by atoms with Crippen molar-refractivity contribution in [3.05, 3.63) is 0 Å². The number of amides is 1. The Balaban J connectivity index is 2.29. The number of hydrogen-bond acceptors (Lipinski definition) is 10. The highest BCUT2D eigenvalue weighted by Gasteiger charge is 2.51. The van der Waals surface area contributed by atoms with Crippen LogP contribution in [0.2, 0.25) is 0 Å². The van der Waals surface area contributed by atoms with Crippen molar-refractivity contribution in [1.29, 1.82) is 0 Å². The maximum Gasteiger partial charge on any atom is 0.303 e. The maximum absolute atomic E-state index is 11.7. The molecule has 0 bridgehead atoms. The van der Waals surface area contributed by atoms with E-state index in [9.17, 15) is 19.2 Å². The van der Waals surface area contributed by atoms with Crippen molar-refractivity contribution in [2.24, 2.45) is 0 Å². The SMILES string of the molecule is CC(=O)N[C@H]1[C@H](OC[C@@H]2CO2)O[C@H](COC(C)=O)[C@@H](OC(C)=O)[C@@H]1OC(C)=O. The standard InChI is InChI=1S/C17H25NO10/c1-8(19)18-14-16(27-11(4)22)15(26-10(3)21)13(7-23-9(2)20)28-17(14)25-6-12-5-24-12/h12-17H,5-7H2,1-4H3,(H,18,19)/t12-,13+,14+,15+,16+,17+/m0/s1. The van der Waals surface area contributed by atoms with Crippen molar-refractivity contribution in [2.45, 2.75) is 64.4 Å². The number of carbonyl (C=O) groups is 4. The molecule has 11 heteroatoms. The summed E-state index contributed by atoms with van der Waals surface area (Å²) in [5.74, 6) is -2.31. The fourth-order valence-electron chi connectivity index (χ4n) is 2.80. The molecule has 2 aliphatic heterocycles. The monoisotopic (exact) mass is 403 g/mol. The maximum atomic E-state index is 11.7. The van der Waals surface area contributed by atoms with Crippen LogP contribution in [-0.4, -0.2) is 80.4 Å². The van der Waals surface area contributed by atoms with Crippen LogP contribution in [0.25, 0.3) is 0 Å². The Hall–Kier alpha value is -2.24. The lowest BCUT2D eigenvalue weighted by Gasteiger charge is -2.44. The first-order valence-corrected chi connectivity index (χ1v) is 8.81. The molecule has 1 N–H and O–H groups in total. The minimum absolute atomic E-state index is 0.0909. The summed E-state index contributed by atoms with van der Waals surface area (Å²) in [6, 6.07) is -0.960. The molecule has 0 unspecified atom stereocenters. The number of esters is 3. The van der Waals surface area contributed by atoms with E-state index in [1.54, 1.807) is 0 Å². The van der Waals surface area contributed by atoms with E-state index in [-0.39, 0.29) is 19.3 Å². The van der Waals surface area contributed by atoms with Crippen LogP contribution in [0.1, 0.15) is 27.7 Å². The van der Waals surface area contributed by atoms with E-state index in [2.05, 4.69) is 5.32 Å². The highest BCUT2D eigenvalue weighted by atomic mass is 16.7. The van der Waals surface area contributed by atoms with E-state index in [0.717, 1.165) is 0 Å². The van der Waals surface area contributed by atoms with Gasteiger partial charge in [-0.15, -0.1) is 0 Å². The lowest BCUT2D eigenvalue weighted by atomic mass is 9.96. The van der Waals surface area contributed by atoms with Crippen molar-refractivity contribution in [3.8, 4) is 0 Å². The molecule has 0 aromatic heterocycles. The van der Waals surface area contributed by atoms with Crippen molar-refractivity contribution in [3.63, 3.8) is 0 Å². The number of nitrogens with one attached hydrogen (secondary N) is 1. The van der Waals surface area contributed by atoms with Crippen molar-refractivity contribution < 1.29 is 47.6 Å². The van der Waals surface area contributed by atoms with Crippen LogP contribution < -0.4 is 5.32 Å². The minimum Gasteiger partial charge on any atom is -0.463 e. The van der Waals surface area contributed by atoms with Crippen LogP contribution in [0, 0.1) is 0 Å². The number of hydrogen-bond donors (Lipinski definition) is 1. The summed E-state index contributed by atoms with van der Waals surface area (Å²) in [4.78, 5) is 46.2. The van der Waals surface area contributed by atoms with Crippen molar-refractivity contribution in [2.75, 3.05) is 19.8 Å². The Morgan fingerprint density at radius 2 is 1.54 bits per heavy atom. The summed E-state index contributed by atoms with van der Waals surface area (Å²) in [5.41, 5.74) is 0. The van der Waals surface area contributed by atoms with Crippen LogP contribution in [0.3, 0.4) is 0 Å². The predicted octanol–water partition coefficient (Wildman–Crippen LogP) is -0.942. The fourth-order valence-corrected chi connectivity index (χ4v) is 2.80. The highest BCUT2D eigenvalue weighted by molar-refractivity contribution is 5.73. The molecule has 2 rings (SSSR count). The lowest BCUT2D eigenvalue weighted by molar-refractivity contribution is -0.278. The number of carbonyl (C=O) groups excluding carboxylic acids is 4. The number of ether oxygens (including phenoxy) is 6. The second kappa shape index (κ2) is 9.80. The van der Waals surface area contributed by atoms with Gasteiger partial charge in [0.05, 0.1) is 13.2 Å². The molecule has 2 aliphatic rings. The molecule has 6 atom stereocenters. The van der Waals surface area contributed by atoms with E-state index in [0.29, 0.717) is 6.61 Å². The van der Waals surface area contributed by atoms with Gasteiger partial charge in [-0.05, 0) is 0 Å². The van der Waals surface area contributed by atoms with Gasteiger partial charge in [-0.1, -0.05) is 0 Å². The van der Waals surface area contributed by atoms with E-state index in [1.165, 1.54) is 27.7 Å². The largest absolute Gasteiger partial charge is 0.463 e. The molecule has 0 saturated carbocycles. The average Bonchev–Trinajstić information content (AvgIpc) is 3.38. The Labute approximate surface area is 161 Å². The zero-order valence-electron chi connectivity index (χ0n) is 16.2. The van der Waals surface area contributed by atoms with Gasteiger partial charge in [-0.3, -0.25) is 19.2 Å². The first kappa shape index (κ1) is 22.1. The Morgan fingerprint density at radius 3 is 2.04 bits per heavy atom. The van der Waals surface area contributed by atoms with Gasteiger partial charge in [-0.2, -0.15) is 0 Å². The predicted molar refractivity (Wildman–Crippen MR) is 89.7 cm³/mol. The van der Waals surface area contributed by atoms with Crippen molar-refractivity contribution in [1.82, 2.24) is 5.32 Å². The van der Waals surface area contributed by atoms with E-state index in [1.807, 2.05) is 0 Å². The van der Waals surface area contributed by atoms with Crippen LogP contribution >= 0.6 is 0 Å². The van der Waals surface area contributed by atoms with Crippen LogP contribution in [0.4, 0.5) is 0 Å². The molecular formula is C17H25NO10. The van der Waals surface area contributed by atoms with Crippen LogP contribution in [-0.2, 0) is 47.6 Å². The second-order valence-electron chi connectivity index (χ2n) is 6.51. The lowest BCUT2D eigenvalue weighted by Crippen LogP contribution is -2.66. The minimum atomic E-state index is -1.13. The van der Waals surface area contributed by atoms with E-state index < -0.39 is 54.5 Å². The molecule has 28 heavy (non-hydrogen) atoms. The summed E-state index contributed by atoms with van der Waals surface area (Å²) in [6.07, 6.45) is -4.37. The van der Waals surface area contributed by atoms with Gasteiger partial charge < -0.3 is 33.7 Å². The highest BCUT2D eigenvalue weighted by Crippen LogP contribution is 2.28. The number of epoxide rings is 1. The van der Waals surface area contributed by atoms with Gasteiger partial charge in [0.15, 0.2) is 18.5 Å². The van der Waals surface area contributed by atoms with Gasteiger partial charge in [0.1, 0.15) is 24.9 Å². The van der Waals surface area contributed by atoms with Crippen molar-refractivity contribution >= 4 is 23.8 Å². The van der Waals surface area contributed by atoms with Gasteiger partial charge in [0.2, 0.25) is 5.91 Å². The Morgan fingerprint density at radius 1 is 0.929 bits per heavy atom. The van der Waals surface area contributed by atoms with Gasteiger partial charge in [-0.25, -0.2) is 0 Å². The average molecular weight is 403 g/mol. The third kappa shape index (κ3) is 6.73.